The second kappa shape index (κ2) is 7.49. The zero-order chi connectivity index (χ0) is 20.8. The van der Waals surface area contributed by atoms with Crippen molar-refractivity contribution in [2.24, 2.45) is 11.7 Å². The summed E-state index contributed by atoms with van der Waals surface area (Å²) in [5, 5.41) is 3.53. The number of nitrogens with zero attached hydrogens (tertiary/aromatic N) is 2. The Kier molecular flexibility index (Phi) is 4.79. The molecule has 2 heterocycles. The molecule has 2 aromatic carbocycles. The SMILES string of the molecule is NC(=O)CN1OC2C(=O)N(C3CCCCC3)C(=O)C2C1c1ccc2ccccc2c1. The third-order valence-electron chi connectivity index (χ3n) is 6.60. The fourth-order valence-corrected chi connectivity index (χ4v) is 5.24. The van der Waals surface area contributed by atoms with Gasteiger partial charge in [0.15, 0.2) is 6.10 Å². The van der Waals surface area contributed by atoms with Gasteiger partial charge in [0.05, 0.1) is 12.0 Å². The van der Waals surface area contributed by atoms with Crippen LogP contribution >= 0.6 is 0 Å². The maximum Gasteiger partial charge on any atom is 0.261 e. The summed E-state index contributed by atoms with van der Waals surface area (Å²) in [6, 6.07) is 13.3. The molecule has 2 saturated heterocycles. The first-order chi connectivity index (χ1) is 14.5. The molecule has 1 aliphatic carbocycles. The van der Waals surface area contributed by atoms with Crippen LogP contribution in [0.25, 0.3) is 10.8 Å². The van der Waals surface area contributed by atoms with E-state index in [9.17, 15) is 14.4 Å². The van der Waals surface area contributed by atoms with Gasteiger partial charge in [-0.15, -0.1) is 0 Å². The number of fused-ring (bicyclic) bond motifs is 2. The number of likely N-dealkylation sites (tertiary alicyclic amines) is 1. The van der Waals surface area contributed by atoms with E-state index < -0.39 is 24.0 Å². The summed E-state index contributed by atoms with van der Waals surface area (Å²) in [6.07, 6.45) is 4.00. The standard InChI is InChI=1S/C23H25N3O4/c24-18(27)13-25-20(16-11-10-14-6-4-5-7-15(14)12-16)19-21(30-25)23(29)26(22(19)28)17-8-2-1-3-9-17/h4-7,10-12,17,19-21H,1-3,8-9,13H2,(H2,24,27). The van der Waals surface area contributed by atoms with E-state index in [1.807, 2.05) is 42.5 Å². The van der Waals surface area contributed by atoms with Crippen molar-refractivity contribution in [2.75, 3.05) is 6.54 Å². The number of carbonyl (C=O) groups excluding carboxylic acids is 3. The van der Waals surface area contributed by atoms with E-state index in [2.05, 4.69) is 0 Å². The predicted octanol–water partition coefficient (Wildman–Crippen LogP) is 2.30. The first kappa shape index (κ1) is 19.2. The molecule has 2 N–H and O–H groups in total. The summed E-state index contributed by atoms with van der Waals surface area (Å²) in [5.74, 6) is -1.71. The van der Waals surface area contributed by atoms with Gasteiger partial charge in [0.25, 0.3) is 5.91 Å². The van der Waals surface area contributed by atoms with E-state index in [1.165, 1.54) is 9.96 Å². The zero-order valence-electron chi connectivity index (χ0n) is 16.7. The lowest BCUT2D eigenvalue weighted by Crippen LogP contribution is -2.45. The van der Waals surface area contributed by atoms with Gasteiger partial charge < -0.3 is 5.73 Å². The quantitative estimate of drug-likeness (QED) is 0.785. The maximum absolute atomic E-state index is 13.5. The van der Waals surface area contributed by atoms with Crippen molar-refractivity contribution >= 4 is 28.5 Å². The molecule has 156 valence electrons. The minimum Gasteiger partial charge on any atom is -0.368 e. The molecule has 3 atom stereocenters. The highest BCUT2D eigenvalue weighted by molar-refractivity contribution is 6.07. The number of hydroxylamine groups is 2. The van der Waals surface area contributed by atoms with Crippen LogP contribution in [0.15, 0.2) is 42.5 Å². The smallest absolute Gasteiger partial charge is 0.261 e. The van der Waals surface area contributed by atoms with Gasteiger partial charge in [0.1, 0.15) is 6.54 Å². The van der Waals surface area contributed by atoms with Crippen molar-refractivity contribution in [1.82, 2.24) is 9.96 Å². The number of amides is 3. The van der Waals surface area contributed by atoms with Crippen molar-refractivity contribution in [3.8, 4) is 0 Å². The van der Waals surface area contributed by atoms with Gasteiger partial charge in [0, 0.05) is 6.04 Å². The Balaban J connectivity index is 1.53. The van der Waals surface area contributed by atoms with E-state index in [-0.39, 0.29) is 24.4 Å². The molecule has 3 unspecified atom stereocenters. The first-order valence-electron chi connectivity index (χ1n) is 10.6. The molecule has 2 aliphatic heterocycles. The lowest BCUT2D eigenvalue weighted by molar-refractivity contribution is -0.183. The lowest BCUT2D eigenvalue weighted by atomic mass is 9.89. The summed E-state index contributed by atoms with van der Waals surface area (Å²) in [4.78, 5) is 45.6. The summed E-state index contributed by atoms with van der Waals surface area (Å²) < 4.78 is 0. The van der Waals surface area contributed by atoms with Crippen molar-refractivity contribution in [3.63, 3.8) is 0 Å². The van der Waals surface area contributed by atoms with Crippen LogP contribution in [0.3, 0.4) is 0 Å². The number of nitrogens with two attached hydrogens (primary N) is 1. The van der Waals surface area contributed by atoms with Gasteiger partial charge in [0.2, 0.25) is 11.8 Å². The second-order valence-electron chi connectivity index (χ2n) is 8.48. The van der Waals surface area contributed by atoms with E-state index in [4.69, 9.17) is 10.6 Å². The van der Waals surface area contributed by atoms with Gasteiger partial charge in [-0.1, -0.05) is 55.7 Å². The monoisotopic (exact) mass is 407 g/mol. The minimum atomic E-state index is -0.893. The van der Waals surface area contributed by atoms with Crippen LogP contribution in [0.1, 0.15) is 43.7 Å². The topological polar surface area (TPSA) is 92.9 Å². The molecular weight excluding hydrogens is 382 g/mol. The number of benzene rings is 2. The highest BCUT2D eigenvalue weighted by Crippen LogP contribution is 2.46. The second-order valence-corrected chi connectivity index (χ2v) is 8.48. The van der Waals surface area contributed by atoms with Crippen LogP contribution in [0.2, 0.25) is 0 Å². The summed E-state index contributed by atoms with van der Waals surface area (Å²) in [7, 11) is 0. The van der Waals surface area contributed by atoms with E-state index in [0.717, 1.165) is 48.4 Å². The molecule has 0 bridgehead atoms. The van der Waals surface area contributed by atoms with Crippen molar-refractivity contribution in [3.05, 3.63) is 48.0 Å². The van der Waals surface area contributed by atoms with Crippen LogP contribution in [-0.4, -0.2) is 46.4 Å². The molecule has 0 aromatic heterocycles. The Morgan fingerprint density at radius 3 is 2.47 bits per heavy atom. The van der Waals surface area contributed by atoms with Gasteiger partial charge in [-0.2, -0.15) is 5.06 Å². The van der Waals surface area contributed by atoms with Crippen LogP contribution in [0.5, 0.6) is 0 Å². The molecule has 3 amide bonds. The molecule has 5 rings (SSSR count). The fraction of sp³-hybridized carbons (Fsp3) is 0.435. The van der Waals surface area contributed by atoms with Gasteiger partial charge in [-0.05, 0) is 35.2 Å². The highest BCUT2D eigenvalue weighted by Gasteiger charge is 2.60. The van der Waals surface area contributed by atoms with Crippen LogP contribution in [0, 0.1) is 5.92 Å². The Labute approximate surface area is 174 Å². The normalized spacial score (nSPS) is 27.7. The Morgan fingerprint density at radius 1 is 1.00 bits per heavy atom. The molecule has 7 nitrogen and oxygen atoms in total. The molecule has 1 saturated carbocycles. The fourth-order valence-electron chi connectivity index (χ4n) is 5.24. The maximum atomic E-state index is 13.5. The largest absolute Gasteiger partial charge is 0.368 e. The van der Waals surface area contributed by atoms with Crippen molar-refractivity contribution in [1.29, 1.82) is 0 Å². The molecule has 3 aliphatic rings. The number of hydrogen-bond donors (Lipinski definition) is 1. The molecule has 0 spiro atoms. The van der Waals surface area contributed by atoms with Crippen LogP contribution < -0.4 is 5.73 Å². The minimum absolute atomic E-state index is 0.0465. The summed E-state index contributed by atoms with van der Waals surface area (Å²) in [5.41, 5.74) is 6.27. The number of carbonyl (C=O) groups is 3. The molecule has 30 heavy (non-hydrogen) atoms. The average Bonchev–Trinajstić information content (AvgIpc) is 3.23. The number of primary amides is 1. The number of imide groups is 1. The van der Waals surface area contributed by atoms with E-state index in [1.54, 1.807) is 0 Å². The molecule has 3 fully saturated rings. The summed E-state index contributed by atoms with van der Waals surface area (Å²) >= 11 is 0. The molecule has 2 aromatic rings. The third kappa shape index (κ3) is 3.09. The van der Waals surface area contributed by atoms with E-state index in [0.29, 0.717) is 0 Å². The van der Waals surface area contributed by atoms with Crippen molar-refractivity contribution in [2.45, 2.75) is 50.3 Å². The van der Waals surface area contributed by atoms with Crippen LogP contribution in [-0.2, 0) is 19.2 Å². The van der Waals surface area contributed by atoms with Crippen LogP contribution in [0.4, 0.5) is 0 Å². The van der Waals surface area contributed by atoms with Gasteiger partial charge in [-0.3, -0.25) is 24.1 Å². The van der Waals surface area contributed by atoms with E-state index >= 15 is 0 Å². The summed E-state index contributed by atoms with van der Waals surface area (Å²) in [6.45, 7) is -0.172. The average molecular weight is 407 g/mol. The Hall–Kier alpha value is -2.77. The Bertz CT molecular complexity index is 1020. The van der Waals surface area contributed by atoms with Gasteiger partial charge >= 0.3 is 0 Å². The Morgan fingerprint density at radius 2 is 1.73 bits per heavy atom. The number of rotatable bonds is 4. The third-order valence-corrected chi connectivity index (χ3v) is 6.60. The predicted molar refractivity (Wildman–Crippen MR) is 110 cm³/mol. The molecular formula is C23H25N3O4. The first-order valence-corrected chi connectivity index (χ1v) is 10.6. The van der Waals surface area contributed by atoms with Crippen molar-refractivity contribution < 1.29 is 19.2 Å². The van der Waals surface area contributed by atoms with Gasteiger partial charge in [-0.25, -0.2) is 0 Å². The highest BCUT2D eigenvalue weighted by atomic mass is 16.7. The lowest BCUT2D eigenvalue weighted by Gasteiger charge is -2.32. The molecule has 7 heteroatoms. The zero-order valence-corrected chi connectivity index (χ0v) is 16.7. The molecule has 0 radical (unpaired) electrons. The number of hydrogen-bond acceptors (Lipinski definition) is 5.